The van der Waals surface area contributed by atoms with E-state index in [0.717, 1.165) is 37.7 Å². The number of aliphatic hydroxyl groups excluding tert-OH is 1. The fourth-order valence-corrected chi connectivity index (χ4v) is 6.06. The summed E-state index contributed by atoms with van der Waals surface area (Å²) in [4.78, 5) is 41.0. The van der Waals surface area contributed by atoms with Crippen LogP contribution in [0.15, 0.2) is 48.5 Å². The van der Waals surface area contributed by atoms with Gasteiger partial charge in [0.25, 0.3) is 5.91 Å². The molecular weight excluding hydrogens is 542 g/mol. The van der Waals surface area contributed by atoms with E-state index in [0.29, 0.717) is 41.8 Å². The molecular formula is C35H49N3O5. The lowest BCUT2D eigenvalue weighted by Crippen LogP contribution is -2.47. The fraction of sp³-hybridized carbons (Fsp3) is 0.571. The van der Waals surface area contributed by atoms with Crippen molar-refractivity contribution in [2.24, 2.45) is 11.3 Å². The quantitative estimate of drug-likeness (QED) is 0.306. The van der Waals surface area contributed by atoms with E-state index in [1.807, 2.05) is 51.1 Å². The number of carbonyl (C=O) groups is 3. The van der Waals surface area contributed by atoms with Crippen LogP contribution in [0.5, 0.6) is 5.75 Å². The number of rotatable bonds is 12. The Morgan fingerprint density at radius 1 is 1.07 bits per heavy atom. The van der Waals surface area contributed by atoms with Crippen molar-refractivity contribution in [1.29, 1.82) is 0 Å². The van der Waals surface area contributed by atoms with E-state index in [9.17, 15) is 19.5 Å². The lowest BCUT2D eigenvalue weighted by atomic mass is 9.75. The van der Waals surface area contributed by atoms with Gasteiger partial charge in [-0.3, -0.25) is 14.4 Å². The number of hydrogen-bond acceptors (Lipinski definition) is 5. The zero-order chi connectivity index (χ0) is 31.1. The van der Waals surface area contributed by atoms with Crippen molar-refractivity contribution in [2.45, 2.75) is 110 Å². The molecule has 8 nitrogen and oxygen atoms in total. The minimum Gasteiger partial charge on any atom is -0.491 e. The summed E-state index contributed by atoms with van der Waals surface area (Å²) >= 11 is 0. The highest BCUT2D eigenvalue weighted by Gasteiger charge is 2.31. The summed E-state index contributed by atoms with van der Waals surface area (Å²) in [7, 11) is 0. The van der Waals surface area contributed by atoms with Gasteiger partial charge in [0.1, 0.15) is 5.75 Å². The van der Waals surface area contributed by atoms with Crippen LogP contribution in [0.2, 0.25) is 0 Å². The topological polar surface area (TPSA) is 108 Å². The van der Waals surface area contributed by atoms with Crippen molar-refractivity contribution in [3.05, 3.63) is 59.7 Å². The fourth-order valence-electron chi connectivity index (χ4n) is 6.06. The zero-order valence-corrected chi connectivity index (χ0v) is 26.4. The SMILES string of the molecule is CC(C)Oc1cc(C(=O)N[C@@H](Cc2ccccc2)[C@@H](O)C[C@@H](C)C(=O)NC2CCC(C)(C)CC2)cc(N2CCCC2=O)c1. The number of nitrogens with one attached hydrogen (secondary N) is 2. The summed E-state index contributed by atoms with van der Waals surface area (Å²) in [5.74, 6) is -0.324. The molecule has 2 fully saturated rings. The van der Waals surface area contributed by atoms with Gasteiger partial charge < -0.3 is 25.4 Å². The molecule has 234 valence electrons. The molecule has 0 unspecified atom stereocenters. The second kappa shape index (κ2) is 14.4. The van der Waals surface area contributed by atoms with Crippen molar-refractivity contribution in [1.82, 2.24) is 10.6 Å². The van der Waals surface area contributed by atoms with Crippen molar-refractivity contribution in [3.63, 3.8) is 0 Å². The molecule has 0 bridgehead atoms. The van der Waals surface area contributed by atoms with Crippen molar-refractivity contribution >= 4 is 23.4 Å². The van der Waals surface area contributed by atoms with Gasteiger partial charge in [-0.25, -0.2) is 0 Å². The van der Waals surface area contributed by atoms with E-state index in [1.165, 1.54) is 0 Å². The first-order valence-electron chi connectivity index (χ1n) is 15.9. The summed E-state index contributed by atoms with van der Waals surface area (Å²) in [6, 6.07) is 14.4. The zero-order valence-electron chi connectivity index (χ0n) is 26.4. The molecule has 1 saturated heterocycles. The number of hydrogen-bond donors (Lipinski definition) is 3. The van der Waals surface area contributed by atoms with E-state index in [2.05, 4.69) is 24.5 Å². The van der Waals surface area contributed by atoms with E-state index in [4.69, 9.17) is 4.74 Å². The predicted molar refractivity (Wildman–Crippen MR) is 169 cm³/mol. The smallest absolute Gasteiger partial charge is 0.251 e. The van der Waals surface area contributed by atoms with Gasteiger partial charge in [-0.2, -0.15) is 0 Å². The van der Waals surface area contributed by atoms with E-state index in [1.54, 1.807) is 23.1 Å². The van der Waals surface area contributed by atoms with Crippen LogP contribution in [0.1, 0.15) is 95.5 Å². The number of nitrogens with zero attached hydrogens (tertiary/aromatic N) is 1. The largest absolute Gasteiger partial charge is 0.491 e. The molecule has 2 aliphatic rings. The van der Waals surface area contributed by atoms with Crippen molar-refractivity contribution in [3.8, 4) is 5.75 Å². The monoisotopic (exact) mass is 591 g/mol. The first-order valence-corrected chi connectivity index (χ1v) is 15.9. The Morgan fingerprint density at radius 3 is 2.40 bits per heavy atom. The van der Waals surface area contributed by atoms with E-state index >= 15 is 0 Å². The van der Waals surface area contributed by atoms with Crippen LogP contribution in [-0.2, 0) is 16.0 Å². The molecule has 3 atom stereocenters. The molecule has 1 saturated carbocycles. The van der Waals surface area contributed by atoms with Gasteiger partial charge in [0.2, 0.25) is 11.8 Å². The molecule has 3 N–H and O–H groups in total. The Morgan fingerprint density at radius 2 is 1.77 bits per heavy atom. The maximum atomic E-state index is 13.7. The minimum absolute atomic E-state index is 0.0228. The Bertz CT molecular complexity index is 1250. The minimum atomic E-state index is -0.954. The number of benzene rings is 2. The second-order valence-electron chi connectivity index (χ2n) is 13.5. The molecule has 4 rings (SSSR count). The number of ether oxygens (including phenoxy) is 1. The highest BCUT2D eigenvalue weighted by atomic mass is 16.5. The predicted octanol–water partition coefficient (Wildman–Crippen LogP) is 5.41. The molecule has 1 aliphatic heterocycles. The normalized spacial score (nSPS) is 19.1. The lowest BCUT2D eigenvalue weighted by Gasteiger charge is -2.35. The van der Waals surface area contributed by atoms with Gasteiger partial charge in [0, 0.05) is 42.2 Å². The molecule has 43 heavy (non-hydrogen) atoms. The standard InChI is InChI=1S/C35H49N3O5/c1-23(2)43-29-21-26(20-28(22-29)38-17-9-12-32(38)40)34(42)37-30(19-25-10-7-6-8-11-25)31(39)18-24(3)33(41)36-27-13-15-35(4,5)16-14-27/h6-8,10-11,20-24,27,30-31,39H,9,12-19H2,1-5H3,(H,36,41)(H,37,42)/t24-,30+,31+/m1/s1. The Labute approximate surface area is 256 Å². The lowest BCUT2D eigenvalue weighted by molar-refractivity contribution is -0.126. The molecule has 1 aliphatic carbocycles. The summed E-state index contributed by atoms with van der Waals surface area (Å²) in [6.07, 6.45) is 4.89. The molecule has 3 amide bonds. The van der Waals surface area contributed by atoms with Crippen LogP contribution in [0.25, 0.3) is 0 Å². The molecule has 8 heteroatoms. The Balaban J connectivity index is 1.49. The number of aliphatic hydroxyl groups is 1. The first kappa shape index (κ1) is 32.5. The van der Waals surface area contributed by atoms with Gasteiger partial charge in [0.05, 0.1) is 18.2 Å². The van der Waals surface area contributed by atoms with Gasteiger partial charge in [-0.1, -0.05) is 51.1 Å². The highest BCUT2D eigenvalue weighted by molar-refractivity contribution is 5.99. The molecule has 2 aromatic rings. The molecule has 1 heterocycles. The van der Waals surface area contributed by atoms with Crippen LogP contribution in [-0.4, -0.2) is 53.7 Å². The first-order chi connectivity index (χ1) is 20.4. The third-order valence-corrected chi connectivity index (χ3v) is 8.72. The van der Waals surface area contributed by atoms with Gasteiger partial charge in [-0.15, -0.1) is 0 Å². The average Bonchev–Trinajstić information content (AvgIpc) is 3.39. The summed E-state index contributed by atoms with van der Waals surface area (Å²) in [6.45, 7) is 10.8. The Hall–Kier alpha value is -3.39. The van der Waals surface area contributed by atoms with Crippen LogP contribution < -0.4 is 20.3 Å². The maximum absolute atomic E-state index is 13.7. The van der Waals surface area contributed by atoms with Gasteiger partial charge in [-0.05, 0) is 81.9 Å². The maximum Gasteiger partial charge on any atom is 0.251 e. The third-order valence-electron chi connectivity index (χ3n) is 8.72. The summed E-state index contributed by atoms with van der Waals surface area (Å²) in [5.41, 5.74) is 2.26. The van der Waals surface area contributed by atoms with Gasteiger partial charge in [0.15, 0.2) is 0 Å². The van der Waals surface area contributed by atoms with Gasteiger partial charge >= 0.3 is 0 Å². The number of amides is 3. The van der Waals surface area contributed by atoms with E-state index < -0.39 is 18.1 Å². The van der Waals surface area contributed by atoms with Crippen molar-refractivity contribution in [2.75, 3.05) is 11.4 Å². The Kier molecular flexibility index (Phi) is 10.9. The van der Waals surface area contributed by atoms with Crippen LogP contribution in [0.3, 0.4) is 0 Å². The number of anilines is 1. The highest BCUT2D eigenvalue weighted by Crippen LogP contribution is 2.35. The van der Waals surface area contributed by atoms with Crippen LogP contribution in [0.4, 0.5) is 5.69 Å². The second-order valence-corrected chi connectivity index (χ2v) is 13.5. The summed E-state index contributed by atoms with van der Waals surface area (Å²) in [5, 5.41) is 17.7. The molecule has 0 radical (unpaired) electrons. The van der Waals surface area contributed by atoms with Crippen LogP contribution in [0, 0.1) is 11.3 Å². The molecule has 2 aromatic carbocycles. The number of carbonyl (C=O) groups excluding carboxylic acids is 3. The molecule has 0 aromatic heterocycles. The molecule has 0 spiro atoms. The average molecular weight is 592 g/mol. The van der Waals surface area contributed by atoms with Crippen molar-refractivity contribution < 1.29 is 24.2 Å². The van der Waals surface area contributed by atoms with E-state index in [-0.39, 0.29) is 36.3 Å². The summed E-state index contributed by atoms with van der Waals surface area (Å²) < 4.78 is 5.93. The van der Waals surface area contributed by atoms with Crippen LogP contribution >= 0.6 is 0 Å². The third kappa shape index (κ3) is 9.30.